The highest BCUT2D eigenvalue weighted by atomic mass is 35.5. The minimum Gasteiger partial charge on any atom is -0.322 e. The zero-order valence-electron chi connectivity index (χ0n) is 15.8. The molecular formula is C23H18Cl2N2O2S. The molecule has 30 heavy (non-hydrogen) atoms. The lowest BCUT2D eigenvalue weighted by atomic mass is 10.1. The van der Waals surface area contributed by atoms with E-state index in [-0.39, 0.29) is 17.2 Å². The summed E-state index contributed by atoms with van der Waals surface area (Å²) >= 11 is 13.6. The van der Waals surface area contributed by atoms with Crippen molar-refractivity contribution in [2.75, 3.05) is 11.1 Å². The second kappa shape index (κ2) is 9.13. The van der Waals surface area contributed by atoms with Gasteiger partial charge in [-0.15, -0.1) is 11.8 Å². The predicted molar refractivity (Wildman–Crippen MR) is 123 cm³/mol. The lowest BCUT2D eigenvalue weighted by molar-refractivity contribution is -0.128. The van der Waals surface area contributed by atoms with Crippen LogP contribution in [0.5, 0.6) is 0 Å². The third kappa shape index (κ3) is 4.81. The van der Waals surface area contributed by atoms with E-state index in [2.05, 4.69) is 5.32 Å². The van der Waals surface area contributed by atoms with E-state index in [9.17, 15) is 9.59 Å². The zero-order valence-corrected chi connectivity index (χ0v) is 18.2. The van der Waals surface area contributed by atoms with Gasteiger partial charge < -0.3 is 10.2 Å². The molecule has 3 aromatic rings. The molecule has 7 heteroatoms. The van der Waals surface area contributed by atoms with E-state index >= 15 is 0 Å². The van der Waals surface area contributed by atoms with Crippen molar-refractivity contribution in [3.8, 4) is 0 Å². The van der Waals surface area contributed by atoms with Gasteiger partial charge in [-0.3, -0.25) is 9.59 Å². The van der Waals surface area contributed by atoms with Crippen LogP contribution in [0.25, 0.3) is 0 Å². The Labute approximate surface area is 189 Å². The molecule has 1 aliphatic heterocycles. The number of carbonyl (C=O) groups is 2. The van der Waals surface area contributed by atoms with E-state index in [1.165, 1.54) is 0 Å². The molecule has 0 bridgehead atoms. The van der Waals surface area contributed by atoms with Crippen molar-refractivity contribution in [2.24, 2.45) is 0 Å². The van der Waals surface area contributed by atoms with Crippen LogP contribution in [0.1, 0.15) is 26.9 Å². The van der Waals surface area contributed by atoms with Gasteiger partial charge in [0, 0.05) is 27.8 Å². The van der Waals surface area contributed by atoms with Crippen LogP contribution in [0.2, 0.25) is 10.0 Å². The van der Waals surface area contributed by atoms with Crippen LogP contribution in [0, 0.1) is 0 Å². The van der Waals surface area contributed by atoms with Crippen molar-refractivity contribution in [3.63, 3.8) is 0 Å². The Morgan fingerprint density at radius 1 is 1.00 bits per heavy atom. The first-order chi connectivity index (χ1) is 14.5. The van der Waals surface area contributed by atoms with E-state index < -0.39 is 0 Å². The molecule has 0 aromatic heterocycles. The zero-order chi connectivity index (χ0) is 21.1. The number of halogens is 2. The summed E-state index contributed by atoms with van der Waals surface area (Å²) in [6, 6.07) is 22.1. The molecule has 1 N–H and O–H groups in total. The average Bonchev–Trinajstić information content (AvgIpc) is 3.08. The number of amides is 2. The number of carbonyl (C=O) groups excluding carboxylic acids is 2. The molecule has 0 aliphatic carbocycles. The third-order valence-corrected chi connectivity index (χ3v) is 6.43. The second-order valence-electron chi connectivity index (χ2n) is 6.90. The number of rotatable bonds is 5. The molecule has 0 saturated carbocycles. The Kier molecular flexibility index (Phi) is 6.32. The fraction of sp³-hybridized carbons (Fsp3) is 0.130. The van der Waals surface area contributed by atoms with E-state index in [1.54, 1.807) is 42.1 Å². The van der Waals surface area contributed by atoms with Gasteiger partial charge in [0.25, 0.3) is 5.91 Å². The van der Waals surface area contributed by atoms with Gasteiger partial charge in [0.2, 0.25) is 5.91 Å². The van der Waals surface area contributed by atoms with Gasteiger partial charge >= 0.3 is 0 Å². The maximum absolute atomic E-state index is 12.6. The Balaban J connectivity index is 1.48. The van der Waals surface area contributed by atoms with E-state index in [4.69, 9.17) is 23.2 Å². The van der Waals surface area contributed by atoms with E-state index in [0.29, 0.717) is 33.6 Å². The maximum atomic E-state index is 12.6. The van der Waals surface area contributed by atoms with Crippen molar-refractivity contribution in [1.82, 2.24) is 4.90 Å². The van der Waals surface area contributed by atoms with E-state index in [0.717, 1.165) is 11.1 Å². The highest BCUT2D eigenvalue weighted by molar-refractivity contribution is 8.00. The summed E-state index contributed by atoms with van der Waals surface area (Å²) in [6.45, 7) is 0.565. The standard InChI is InChI=1S/C23H18Cl2N2O2S/c24-18-10-19(25)12-20(11-18)26-22(29)16-6-8-17(9-7-16)23-27(21(28)14-30-23)13-15-4-2-1-3-5-15/h1-12,23H,13-14H2,(H,26,29)/t23-/m0/s1. The van der Waals surface area contributed by atoms with E-state index in [1.807, 2.05) is 47.4 Å². The molecule has 1 fully saturated rings. The Morgan fingerprint density at radius 2 is 1.67 bits per heavy atom. The second-order valence-corrected chi connectivity index (χ2v) is 8.85. The summed E-state index contributed by atoms with van der Waals surface area (Å²) in [7, 11) is 0. The van der Waals surface area contributed by atoms with Gasteiger partial charge in [0.05, 0.1) is 5.75 Å². The maximum Gasteiger partial charge on any atom is 0.255 e. The molecule has 4 rings (SSSR count). The summed E-state index contributed by atoms with van der Waals surface area (Å²) < 4.78 is 0. The van der Waals surface area contributed by atoms with Gasteiger partial charge in [-0.1, -0.05) is 65.7 Å². The summed E-state index contributed by atoms with van der Waals surface area (Å²) in [5.74, 6) is 0.319. The normalized spacial score (nSPS) is 16.0. The topological polar surface area (TPSA) is 49.4 Å². The number of anilines is 1. The lowest BCUT2D eigenvalue weighted by Gasteiger charge is -2.24. The van der Waals surface area contributed by atoms with Gasteiger partial charge in [-0.05, 0) is 41.5 Å². The van der Waals surface area contributed by atoms with Crippen LogP contribution in [0.4, 0.5) is 5.69 Å². The highest BCUT2D eigenvalue weighted by Crippen LogP contribution is 2.39. The first-order valence-corrected chi connectivity index (χ1v) is 11.1. The van der Waals surface area contributed by atoms with Gasteiger partial charge in [-0.2, -0.15) is 0 Å². The first kappa shape index (κ1) is 20.8. The van der Waals surface area contributed by atoms with Crippen molar-refractivity contribution < 1.29 is 9.59 Å². The Morgan fingerprint density at radius 3 is 2.33 bits per heavy atom. The minimum absolute atomic E-state index is 0.0680. The van der Waals surface area contributed by atoms with Crippen LogP contribution in [-0.4, -0.2) is 22.5 Å². The minimum atomic E-state index is -0.254. The van der Waals surface area contributed by atoms with Crippen LogP contribution in [0.15, 0.2) is 72.8 Å². The number of hydrogen-bond donors (Lipinski definition) is 1. The van der Waals surface area contributed by atoms with Gasteiger partial charge in [-0.25, -0.2) is 0 Å². The third-order valence-electron chi connectivity index (χ3n) is 4.74. The highest BCUT2D eigenvalue weighted by Gasteiger charge is 2.32. The molecule has 1 aliphatic rings. The van der Waals surface area contributed by atoms with Crippen LogP contribution < -0.4 is 5.32 Å². The lowest BCUT2D eigenvalue weighted by Crippen LogP contribution is -2.27. The molecule has 4 nitrogen and oxygen atoms in total. The van der Waals surface area contributed by atoms with Crippen molar-refractivity contribution >= 4 is 52.5 Å². The quantitative estimate of drug-likeness (QED) is 0.510. The first-order valence-electron chi connectivity index (χ1n) is 9.32. The molecule has 3 aromatic carbocycles. The monoisotopic (exact) mass is 456 g/mol. The molecular weight excluding hydrogens is 439 g/mol. The smallest absolute Gasteiger partial charge is 0.255 e. The molecule has 0 radical (unpaired) electrons. The van der Waals surface area contributed by atoms with Gasteiger partial charge in [0.1, 0.15) is 5.37 Å². The number of thioether (sulfide) groups is 1. The predicted octanol–water partition coefficient (Wildman–Crippen LogP) is 6.02. The van der Waals surface area contributed by atoms with Crippen molar-refractivity contribution in [1.29, 1.82) is 0 Å². The summed E-state index contributed by atoms with van der Waals surface area (Å²) in [5.41, 5.74) is 3.13. The molecule has 2 amide bonds. The molecule has 0 spiro atoms. The van der Waals surface area contributed by atoms with Gasteiger partial charge in [0.15, 0.2) is 0 Å². The van der Waals surface area contributed by atoms with Crippen LogP contribution in [0.3, 0.4) is 0 Å². The molecule has 1 atom stereocenters. The Hall–Kier alpha value is -2.47. The molecule has 0 unspecified atom stereocenters. The van der Waals surface area contributed by atoms with Crippen LogP contribution >= 0.6 is 35.0 Å². The van der Waals surface area contributed by atoms with Crippen molar-refractivity contribution in [3.05, 3.63) is 99.5 Å². The van der Waals surface area contributed by atoms with Crippen molar-refractivity contribution in [2.45, 2.75) is 11.9 Å². The summed E-state index contributed by atoms with van der Waals surface area (Å²) in [6.07, 6.45) is 0. The fourth-order valence-corrected chi connectivity index (χ4v) is 5.02. The SMILES string of the molecule is O=C(Nc1cc(Cl)cc(Cl)c1)c1ccc([C@@H]2SCC(=O)N2Cc2ccccc2)cc1. The number of nitrogens with one attached hydrogen (secondary N) is 1. The number of benzene rings is 3. The number of hydrogen-bond acceptors (Lipinski definition) is 3. The summed E-state index contributed by atoms with van der Waals surface area (Å²) in [4.78, 5) is 26.9. The molecule has 1 heterocycles. The average molecular weight is 457 g/mol. The molecule has 152 valence electrons. The Bertz CT molecular complexity index is 1050. The fourth-order valence-electron chi connectivity index (χ4n) is 3.31. The van der Waals surface area contributed by atoms with Crippen LogP contribution in [-0.2, 0) is 11.3 Å². The largest absolute Gasteiger partial charge is 0.322 e. The summed E-state index contributed by atoms with van der Waals surface area (Å²) in [5, 5.41) is 3.64. The number of nitrogens with zero attached hydrogens (tertiary/aromatic N) is 1. The molecule has 1 saturated heterocycles.